The largest absolute Gasteiger partial charge is 0.481 e. The van der Waals surface area contributed by atoms with E-state index < -0.39 is 5.97 Å². The summed E-state index contributed by atoms with van der Waals surface area (Å²) in [6.45, 7) is 3.20. The van der Waals surface area contributed by atoms with Crippen molar-refractivity contribution in [1.82, 2.24) is 4.90 Å². The van der Waals surface area contributed by atoms with E-state index in [1.165, 1.54) is 11.1 Å². The van der Waals surface area contributed by atoms with Gasteiger partial charge in [0.1, 0.15) is 0 Å². The number of likely N-dealkylation sites (tertiary alicyclic amines) is 1. The third-order valence-corrected chi connectivity index (χ3v) is 4.37. The van der Waals surface area contributed by atoms with Gasteiger partial charge in [0.15, 0.2) is 0 Å². The SMILES string of the molecule is O=C(O)C1CCCN(CC2OCCc3ccccc32)C1. The van der Waals surface area contributed by atoms with Gasteiger partial charge in [0.2, 0.25) is 0 Å². The Labute approximate surface area is 119 Å². The van der Waals surface area contributed by atoms with Gasteiger partial charge in [-0.2, -0.15) is 0 Å². The molecule has 0 aromatic heterocycles. The Morgan fingerprint density at radius 3 is 3.10 bits per heavy atom. The third-order valence-electron chi connectivity index (χ3n) is 4.37. The van der Waals surface area contributed by atoms with Crippen molar-refractivity contribution in [2.45, 2.75) is 25.4 Å². The summed E-state index contributed by atoms with van der Waals surface area (Å²) in [7, 11) is 0. The first-order valence-electron chi connectivity index (χ1n) is 7.38. The summed E-state index contributed by atoms with van der Waals surface area (Å²) in [5.74, 6) is -0.887. The first kappa shape index (κ1) is 13.6. The fourth-order valence-corrected chi connectivity index (χ4v) is 3.29. The summed E-state index contributed by atoms with van der Waals surface area (Å²) in [6.07, 6.45) is 2.83. The van der Waals surface area contributed by atoms with Gasteiger partial charge < -0.3 is 9.84 Å². The van der Waals surface area contributed by atoms with Crippen LogP contribution in [0.4, 0.5) is 0 Å². The molecule has 4 nitrogen and oxygen atoms in total. The van der Waals surface area contributed by atoms with Crippen LogP contribution in [0.1, 0.15) is 30.1 Å². The van der Waals surface area contributed by atoms with Gasteiger partial charge >= 0.3 is 5.97 Å². The zero-order chi connectivity index (χ0) is 13.9. The Morgan fingerprint density at radius 2 is 2.25 bits per heavy atom. The minimum atomic E-state index is -0.667. The van der Waals surface area contributed by atoms with Crippen LogP contribution in [-0.2, 0) is 16.0 Å². The fourth-order valence-electron chi connectivity index (χ4n) is 3.29. The number of hydrogen-bond donors (Lipinski definition) is 1. The lowest BCUT2D eigenvalue weighted by atomic mass is 9.95. The second-order valence-electron chi connectivity index (χ2n) is 5.75. The van der Waals surface area contributed by atoms with Crippen molar-refractivity contribution in [3.63, 3.8) is 0 Å². The number of carboxylic acids is 1. The van der Waals surface area contributed by atoms with Crippen molar-refractivity contribution in [3.8, 4) is 0 Å². The molecule has 0 saturated carbocycles. The highest BCUT2D eigenvalue weighted by Crippen LogP contribution is 2.29. The number of nitrogens with zero attached hydrogens (tertiary/aromatic N) is 1. The lowest BCUT2D eigenvalue weighted by molar-refractivity contribution is -0.143. The highest BCUT2D eigenvalue weighted by atomic mass is 16.5. The second-order valence-corrected chi connectivity index (χ2v) is 5.75. The van der Waals surface area contributed by atoms with Crippen molar-refractivity contribution in [2.75, 3.05) is 26.2 Å². The van der Waals surface area contributed by atoms with Gasteiger partial charge in [-0.1, -0.05) is 24.3 Å². The molecule has 0 aliphatic carbocycles. The molecular weight excluding hydrogens is 254 g/mol. The number of carbonyl (C=O) groups is 1. The molecule has 2 aliphatic heterocycles. The number of benzene rings is 1. The quantitative estimate of drug-likeness (QED) is 0.917. The zero-order valence-corrected chi connectivity index (χ0v) is 11.6. The molecule has 1 fully saturated rings. The van der Waals surface area contributed by atoms with Crippen LogP contribution >= 0.6 is 0 Å². The maximum atomic E-state index is 11.1. The maximum Gasteiger partial charge on any atom is 0.307 e. The van der Waals surface area contributed by atoms with E-state index in [1.54, 1.807) is 0 Å². The van der Waals surface area contributed by atoms with Crippen LogP contribution in [-0.4, -0.2) is 42.2 Å². The van der Waals surface area contributed by atoms with Gasteiger partial charge in [0.05, 0.1) is 18.6 Å². The molecule has 2 unspecified atom stereocenters. The topological polar surface area (TPSA) is 49.8 Å². The van der Waals surface area contributed by atoms with Gasteiger partial charge in [-0.3, -0.25) is 9.69 Å². The minimum Gasteiger partial charge on any atom is -0.481 e. The maximum absolute atomic E-state index is 11.1. The van der Waals surface area contributed by atoms with Crippen molar-refractivity contribution in [3.05, 3.63) is 35.4 Å². The molecule has 108 valence electrons. The van der Waals surface area contributed by atoms with E-state index in [9.17, 15) is 4.79 Å². The molecule has 1 saturated heterocycles. The van der Waals surface area contributed by atoms with E-state index in [0.717, 1.165) is 39.0 Å². The number of piperidine rings is 1. The smallest absolute Gasteiger partial charge is 0.307 e. The third kappa shape index (κ3) is 2.86. The van der Waals surface area contributed by atoms with E-state index in [4.69, 9.17) is 9.84 Å². The number of fused-ring (bicyclic) bond motifs is 1. The van der Waals surface area contributed by atoms with Crippen LogP contribution in [0.5, 0.6) is 0 Å². The molecular formula is C16H21NO3. The van der Waals surface area contributed by atoms with Gasteiger partial charge in [-0.25, -0.2) is 0 Å². The molecule has 20 heavy (non-hydrogen) atoms. The molecule has 2 aliphatic rings. The van der Waals surface area contributed by atoms with Crippen LogP contribution in [0.25, 0.3) is 0 Å². The zero-order valence-electron chi connectivity index (χ0n) is 11.6. The van der Waals surface area contributed by atoms with Crippen LogP contribution in [0.3, 0.4) is 0 Å². The average molecular weight is 275 g/mol. The Kier molecular flexibility index (Phi) is 4.03. The van der Waals surface area contributed by atoms with Crippen molar-refractivity contribution < 1.29 is 14.6 Å². The summed E-state index contributed by atoms with van der Waals surface area (Å²) in [5.41, 5.74) is 2.65. The molecule has 0 bridgehead atoms. The monoisotopic (exact) mass is 275 g/mol. The van der Waals surface area contributed by atoms with Crippen molar-refractivity contribution in [2.24, 2.45) is 5.92 Å². The van der Waals surface area contributed by atoms with Gasteiger partial charge in [-0.15, -0.1) is 0 Å². The summed E-state index contributed by atoms with van der Waals surface area (Å²) in [5, 5.41) is 9.16. The molecule has 2 atom stereocenters. The number of hydrogen-bond acceptors (Lipinski definition) is 3. The summed E-state index contributed by atoms with van der Waals surface area (Å²) in [4.78, 5) is 13.4. The molecule has 4 heteroatoms. The van der Waals surface area contributed by atoms with Gasteiger partial charge in [-0.05, 0) is 36.9 Å². The molecule has 0 spiro atoms. The number of aliphatic carboxylic acids is 1. The fraction of sp³-hybridized carbons (Fsp3) is 0.562. The van der Waals surface area contributed by atoms with E-state index in [0.29, 0.717) is 6.54 Å². The van der Waals surface area contributed by atoms with Crippen LogP contribution < -0.4 is 0 Å². The van der Waals surface area contributed by atoms with Crippen molar-refractivity contribution in [1.29, 1.82) is 0 Å². The summed E-state index contributed by atoms with van der Waals surface area (Å²) >= 11 is 0. The molecule has 1 aromatic rings. The normalized spacial score (nSPS) is 27.0. The number of carboxylic acid groups (broad SMARTS) is 1. The lowest BCUT2D eigenvalue weighted by Crippen LogP contribution is -2.41. The summed E-state index contributed by atoms with van der Waals surface area (Å²) in [6, 6.07) is 8.43. The van der Waals surface area contributed by atoms with E-state index in [2.05, 4.69) is 29.2 Å². The van der Waals surface area contributed by atoms with E-state index >= 15 is 0 Å². The second kappa shape index (κ2) is 5.94. The first-order chi connectivity index (χ1) is 9.74. The number of rotatable bonds is 3. The van der Waals surface area contributed by atoms with Gasteiger partial charge in [0.25, 0.3) is 0 Å². The van der Waals surface area contributed by atoms with E-state index in [-0.39, 0.29) is 12.0 Å². The Bertz CT molecular complexity index is 488. The average Bonchev–Trinajstić information content (AvgIpc) is 2.48. The Morgan fingerprint density at radius 1 is 1.40 bits per heavy atom. The Balaban J connectivity index is 1.68. The van der Waals surface area contributed by atoms with Crippen LogP contribution in [0.2, 0.25) is 0 Å². The predicted octanol–water partition coefficient (Wildman–Crippen LogP) is 2.10. The highest BCUT2D eigenvalue weighted by Gasteiger charge is 2.29. The lowest BCUT2D eigenvalue weighted by Gasteiger charge is -2.35. The van der Waals surface area contributed by atoms with Gasteiger partial charge in [0, 0.05) is 13.1 Å². The number of ether oxygens (including phenoxy) is 1. The molecule has 1 N–H and O–H groups in total. The van der Waals surface area contributed by atoms with Crippen LogP contribution in [0.15, 0.2) is 24.3 Å². The van der Waals surface area contributed by atoms with E-state index in [1.807, 2.05) is 0 Å². The summed E-state index contributed by atoms with van der Waals surface area (Å²) < 4.78 is 5.91. The molecule has 0 amide bonds. The first-order valence-corrected chi connectivity index (χ1v) is 7.38. The molecule has 2 heterocycles. The Hall–Kier alpha value is -1.39. The molecule has 1 aromatic carbocycles. The highest BCUT2D eigenvalue weighted by molar-refractivity contribution is 5.70. The minimum absolute atomic E-state index is 0.0903. The van der Waals surface area contributed by atoms with Crippen molar-refractivity contribution >= 4 is 5.97 Å². The molecule has 0 radical (unpaired) electrons. The van der Waals surface area contributed by atoms with Crippen LogP contribution in [0, 0.1) is 5.92 Å². The standard InChI is InChI=1S/C16H21NO3/c18-16(19)13-5-3-8-17(10-13)11-15-14-6-2-1-4-12(14)7-9-20-15/h1-2,4,6,13,15H,3,5,7-11H2,(H,18,19). The molecule has 3 rings (SSSR count). The predicted molar refractivity (Wildman–Crippen MR) is 75.6 cm³/mol.